The third-order valence-corrected chi connectivity index (χ3v) is 4.46. The first-order valence-corrected chi connectivity index (χ1v) is 7.25. The van der Waals surface area contributed by atoms with Crippen LogP contribution in [0.2, 0.25) is 8.67 Å². The van der Waals surface area contributed by atoms with Crippen LogP contribution in [-0.2, 0) is 0 Å². The van der Waals surface area contributed by atoms with Crippen LogP contribution in [0.1, 0.15) is 23.0 Å². The highest BCUT2D eigenvalue weighted by Crippen LogP contribution is 2.38. The first-order chi connectivity index (χ1) is 9.04. The van der Waals surface area contributed by atoms with Crippen LogP contribution in [0.25, 0.3) is 11.0 Å². The van der Waals surface area contributed by atoms with Crippen molar-refractivity contribution < 1.29 is 9.52 Å². The summed E-state index contributed by atoms with van der Waals surface area (Å²) in [5, 5.41) is 11.3. The van der Waals surface area contributed by atoms with Crippen LogP contribution in [0.3, 0.4) is 0 Å². The molecule has 0 aliphatic carbocycles. The standard InChI is InChI=1S/C14H10Cl2O2S/c1-7-2-3-10-8(4-7)5-11(18-10)13(17)9-6-12(15)19-14(9)16/h2-6,13,17H,1H3. The zero-order valence-electron chi connectivity index (χ0n) is 9.98. The second-order valence-electron chi connectivity index (χ2n) is 4.37. The van der Waals surface area contributed by atoms with E-state index in [0.29, 0.717) is 20.0 Å². The summed E-state index contributed by atoms with van der Waals surface area (Å²) in [6.07, 6.45) is -0.899. The SMILES string of the molecule is Cc1ccc2oc(C(O)c3cc(Cl)sc3Cl)cc2c1. The van der Waals surface area contributed by atoms with E-state index >= 15 is 0 Å². The molecule has 0 aliphatic heterocycles. The predicted molar refractivity (Wildman–Crippen MR) is 79.4 cm³/mol. The van der Waals surface area contributed by atoms with Gasteiger partial charge in [0.1, 0.15) is 21.8 Å². The van der Waals surface area contributed by atoms with Gasteiger partial charge in [-0.1, -0.05) is 34.8 Å². The van der Waals surface area contributed by atoms with Gasteiger partial charge in [0.15, 0.2) is 0 Å². The molecule has 0 saturated heterocycles. The second-order valence-corrected chi connectivity index (χ2v) is 6.66. The van der Waals surface area contributed by atoms with Gasteiger partial charge in [-0.05, 0) is 31.2 Å². The number of halogens is 2. The molecule has 1 unspecified atom stereocenters. The highest BCUT2D eigenvalue weighted by Gasteiger charge is 2.20. The number of hydrogen-bond acceptors (Lipinski definition) is 3. The molecule has 2 aromatic heterocycles. The lowest BCUT2D eigenvalue weighted by Gasteiger charge is -2.05. The first-order valence-electron chi connectivity index (χ1n) is 5.67. The molecule has 5 heteroatoms. The maximum atomic E-state index is 10.3. The monoisotopic (exact) mass is 312 g/mol. The second kappa shape index (κ2) is 4.84. The van der Waals surface area contributed by atoms with Crippen molar-refractivity contribution in [2.45, 2.75) is 13.0 Å². The van der Waals surface area contributed by atoms with Crippen molar-refractivity contribution in [3.63, 3.8) is 0 Å². The van der Waals surface area contributed by atoms with E-state index in [2.05, 4.69) is 0 Å². The third-order valence-electron chi connectivity index (χ3n) is 2.94. The lowest BCUT2D eigenvalue weighted by atomic mass is 10.1. The summed E-state index contributed by atoms with van der Waals surface area (Å²) in [5.74, 6) is 0.469. The average molecular weight is 313 g/mol. The van der Waals surface area contributed by atoms with Gasteiger partial charge in [0.2, 0.25) is 0 Å². The Labute approximate surface area is 124 Å². The molecule has 2 nitrogen and oxygen atoms in total. The summed E-state index contributed by atoms with van der Waals surface area (Å²) in [6, 6.07) is 9.36. The van der Waals surface area contributed by atoms with Crippen LogP contribution in [0.15, 0.2) is 34.7 Å². The van der Waals surface area contributed by atoms with E-state index in [1.807, 2.05) is 31.2 Å². The highest BCUT2D eigenvalue weighted by atomic mass is 35.5. The van der Waals surface area contributed by atoms with Crippen LogP contribution < -0.4 is 0 Å². The predicted octanol–water partition coefficient (Wildman–Crippen LogP) is 5.19. The molecule has 0 spiro atoms. The number of thiophene rings is 1. The molecule has 3 rings (SSSR count). The van der Waals surface area contributed by atoms with Crippen LogP contribution in [0, 0.1) is 6.92 Å². The molecule has 0 amide bonds. The number of aryl methyl sites for hydroxylation is 1. The Hall–Kier alpha value is -1.000. The number of benzene rings is 1. The number of hydrogen-bond donors (Lipinski definition) is 1. The Bertz CT molecular complexity index is 745. The van der Waals surface area contributed by atoms with Crippen LogP contribution in [-0.4, -0.2) is 5.11 Å². The smallest absolute Gasteiger partial charge is 0.139 e. The molecule has 0 fully saturated rings. The number of fused-ring (bicyclic) bond motifs is 1. The fourth-order valence-electron chi connectivity index (χ4n) is 2.01. The Morgan fingerprint density at radius 1 is 1.21 bits per heavy atom. The zero-order valence-corrected chi connectivity index (χ0v) is 12.3. The van der Waals surface area contributed by atoms with E-state index in [-0.39, 0.29) is 0 Å². The Balaban J connectivity index is 2.06. The minimum atomic E-state index is -0.899. The molecule has 1 atom stereocenters. The summed E-state index contributed by atoms with van der Waals surface area (Å²) >= 11 is 13.2. The van der Waals surface area contributed by atoms with Gasteiger partial charge in [-0.3, -0.25) is 0 Å². The lowest BCUT2D eigenvalue weighted by molar-refractivity contribution is 0.193. The zero-order chi connectivity index (χ0) is 13.6. The summed E-state index contributed by atoms with van der Waals surface area (Å²) in [7, 11) is 0. The summed E-state index contributed by atoms with van der Waals surface area (Å²) < 4.78 is 6.68. The highest BCUT2D eigenvalue weighted by molar-refractivity contribution is 7.20. The minimum absolute atomic E-state index is 0.469. The van der Waals surface area contributed by atoms with E-state index in [4.69, 9.17) is 27.6 Å². The van der Waals surface area contributed by atoms with Gasteiger partial charge in [0, 0.05) is 10.9 Å². The molecule has 1 aromatic carbocycles. The topological polar surface area (TPSA) is 33.4 Å². The molecule has 1 N–H and O–H groups in total. The fourth-order valence-corrected chi connectivity index (χ4v) is 3.53. The van der Waals surface area contributed by atoms with Crippen molar-refractivity contribution in [1.82, 2.24) is 0 Å². The van der Waals surface area contributed by atoms with Crippen molar-refractivity contribution in [3.05, 3.63) is 55.9 Å². The quantitative estimate of drug-likeness (QED) is 0.706. The van der Waals surface area contributed by atoms with Crippen molar-refractivity contribution in [2.75, 3.05) is 0 Å². The minimum Gasteiger partial charge on any atom is -0.458 e. The van der Waals surface area contributed by atoms with Gasteiger partial charge in [-0.25, -0.2) is 0 Å². The van der Waals surface area contributed by atoms with Gasteiger partial charge >= 0.3 is 0 Å². The van der Waals surface area contributed by atoms with E-state index < -0.39 is 6.10 Å². The Kier molecular flexibility index (Phi) is 3.31. The van der Waals surface area contributed by atoms with Gasteiger partial charge < -0.3 is 9.52 Å². The lowest BCUT2D eigenvalue weighted by Crippen LogP contribution is -1.96. The van der Waals surface area contributed by atoms with Gasteiger partial charge in [-0.15, -0.1) is 11.3 Å². The van der Waals surface area contributed by atoms with Crippen molar-refractivity contribution in [2.24, 2.45) is 0 Å². The van der Waals surface area contributed by atoms with Gasteiger partial charge in [-0.2, -0.15) is 0 Å². The Morgan fingerprint density at radius 2 is 2.00 bits per heavy atom. The molecule has 0 aliphatic rings. The molecule has 19 heavy (non-hydrogen) atoms. The molecule has 3 aromatic rings. The first kappa shape index (κ1) is 13.0. The summed E-state index contributed by atoms with van der Waals surface area (Å²) in [4.78, 5) is 0. The molecule has 98 valence electrons. The molecule has 0 saturated carbocycles. The van der Waals surface area contributed by atoms with E-state index in [0.717, 1.165) is 16.5 Å². The van der Waals surface area contributed by atoms with Crippen molar-refractivity contribution in [1.29, 1.82) is 0 Å². The molecule has 2 heterocycles. The molecular formula is C14H10Cl2O2S. The normalized spacial score (nSPS) is 13.1. The molecule has 0 radical (unpaired) electrons. The van der Waals surface area contributed by atoms with E-state index in [9.17, 15) is 5.11 Å². The van der Waals surface area contributed by atoms with Gasteiger partial charge in [0.05, 0.1) is 4.34 Å². The fraction of sp³-hybridized carbons (Fsp3) is 0.143. The summed E-state index contributed by atoms with van der Waals surface area (Å²) in [6.45, 7) is 2.01. The van der Waals surface area contributed by atoms with Crippen LogP contribution in [0.4, 0.5) is 0 Å². The maximum absolute atomic E-state index is 10.3. The number of aliphatic hydroxyl groups excluding tert-OH is 1. The molecule has 0 bridgehead atoms. The summed E-state index contributed by atoms with van der Waals surface area (Å²) in [5.41, 5.74) is 2.47. The average Bonchev–Trinajstić information content (AvgIpc) is 2.91. The van der Waals surface area contributed by atoms with Crippen LogP contribution in [0.5, 0.6) is 0 Å². The number of furan rings is 1. The number of rotatable bonds is 2. The van der Waals surface area contributed by atoms with Crippen molar-refractivity contribution >= 4 is 45.5 Å². The van der Waals surface area contributed by atoms with E-state index in [1.165, 1.54) is 11.3 Å². The third kappa shape index (κ3) is 2.39. The van der Waals surface area contributed by atoms with Crippen molar-refractivity contribution in [3.8, 4) is 0 Å². The largest absolute Gasteiger partial charge is 0.458 e. The van der Waals surface area contributed by atoms with E-state index in [1.54, 1.807) is 6.07 Å². The maximum Gasteiger partial charge on any atom is 0.139 e. The Morgan fingerprint density at radius 3 is 2.68 bits per heavy atom. The van der Waals surface area contributed by atoms with Crippen LogP contribution >= 0.6 is 34.5 Å². The molecular weight excluding hydrogens is 303 g/mol. The number of aliphatic hydroxyl groups is 1. The van der Waals surface area contributed by atoms with Gasteiger partial charge in [0.25, 0.3) is 0 Å².